The number of ether oxygens (including phenoxy) is 4. The lowest BCUT2D eigenvalue weighted by atomic mass is 9.69. The number of aryl methyl sites for hydroxylation is 8. The lowest BCUT2D eigenvalue weighted by molar-refractivity contribution is 0.297. The topological polar surface area (TPSA) is 281 Å². The van der Waals surface area contributed by atoms with E-state index in [1.807, 2.05) is 116 Å². The molecule has 141 heavy (non-hydrogen) atoms. The lowest BCUT2D eigenvalue weighted by Crippen LogP contribution is -2.31. The van der Waals surface area contributed by atoms with Gasteiger partial charge in [0.1, 0.15) is 45.3 Å². The van der Waals surface area contributed by atoms with Crippen molar-refractivity contribution in [3.63, 3.8) is 0 Å². The summed E-state index contributed by atoms with van der Waals surface area (Å²) in [6, 6.07) is 57.1. The first-order valence-corrected chi connectivity index (χ1v) is 52.8. The zero-order chi connectivity index (χ0) is 97.2. The van der Waals surface area contributed by atoms with Crippen LogP contribution >= 0.6 is 31.9 Å². The number of nitrogens with zero attached hydrogens (tertiary/aromatic N) is 12. The van der Waals surface area contributed by atoms with Crippen LogP contribution in [0.25, 0.3) is 55.0 Å². The summed E-state index contributed by atoms with van der Waals surface area (Å²) in [6.45, 7) is 12.7. The number of hydrogen-bond acceptors (Lipinski definition) is 20. The highest BCUT2D eigenvalue weighted by Gasteiger charge is 2.44. The molecule has 0 amide bonds. The molecular weight excluding hydrogens is 1900 g/mol. The van der Waals surface area contributed by atoms with Crippen LogP contribution in [0.15, 0.2) is 240 Å². The van der Waals surface area contributed by atoms with Crippen LogP contribution in [0.5, 0.6) is 23.0 Å². The Bertz CT molecular complexity index is 6410. The molecule has 0 N–H and O–H groups in total. The number of hydrogen-bond donors (Lipinski definition) is 0. The molecule has 0 saturated heterocycles. The zero-order valence-corrected chi connectivity index (χ0v) is 84.9. The monoisotopic (exact) mass is 2030 g/mol. The van der Waals surface area contributed by atoms with Gasteiger partial charge in [0.25, 0.3) is 0 Å². The second-order valence-corrected chi connectivity index (χ2v) is 40.0. The summed E-state index contributed by atoms with van der Waals surface area (Å²) in [6.07, 6.45) is 40.1. The fourth-order valence-electron chi connectivity index (χ4n) is 20.2. The van der Waals surface area contributed by atoms with Gasteiger partial charge in [-0.15, -0.1) is 20.4 Å². The minimum absolute atomic E-state index is 0.352. The average molecular weight is 2030 g/mol. The van der Waals surface area contributed by atoms with Gasteiger partial charge in [-0.3, -0.25) is 18.7 Å². The Hall–Kier alpha value is -12.7. The van der Waals surface area contributed by atoms with Gasteiger partial charge >= 0.3 is 22.5 Å². The second-order valence-electron chi connectivity index (χ2n) is 38.2. The van der Waals surface area contributed by atoms with E-state index in [-0.39, 0.29) is 22.5 Å². The summed E-state index contributed by atoms with van der Waals surface area (Å²) < 4.78 is 57.6. The van der Waals surface area contributed by atoms with Crippen molar-refractivity contribution in [2.24, 2.45) is 0 Å². The van der Waals surface area contributed by atoms with Gasteiger partial charge in [-0.1, -0.05) is 232 Å². The molecule has 8 aromatic carbocycles. The van der Waals surface area contributed by atoms with Gasteiger partial charge in [0.15, 0.2) is 0 Å². The summed E-state index contributed by atoms with van der Waals surface area (Å²) in [5.74, 6) is 2.55. The van der Waals surface area contributed by atoms with Gasteiger partial charge in [-0.05, 0) is 215 Å². The Morgan fingerprint density at radius 1 is 0.284 bits per heavy atom. The molecule has 0 saturated carbocycles. The molecule has 734 valence electrons. The molecule has 17 rings (SSSR count). The maximum absolute atomic E-state index is 12.8. The number of fused-ring (bicyclic) bond motifs is 7. The Kier molecular flexibility index (Phi) is 34.8. The van der Waals surface area contributed by atoms with Crippen LogP contribution < -0.4 is 41.4 Å². The Balaban J connectivity index is 0.643. The molecule has 0 unspecified atom stereocenters. The fraction of sp³-hybridized carbons (Fsp3) is 0.409. The van der Waals surface area contributed by atoms with Crippen LogP contribution in [0.3, 0.4) is 0 Å². The van der Waals surface area contributed by atoms with E-state index in [1.165, 1.54) is 99.3 Å². The van der Waals surface area contributed by atoms with Crippen molar-refractivity contribution >= 4 is 75.7 Å². The summed E-state index contributed by atoms with van der Waals surface area (Å²) in [7, 11) is 0. The Morgan fingerprint density at radius 3 is 0.801 bits per heavy atom. The lowest BCUT2D eigenvalue weighted by Gasteiger charge is -2.34. The maximum Gasteiger partial charge on any atom is 0.336 e. The van der Waals surface area contributed by atoms with E-state index >= 15 is 0 Å². The third kappa shape index (κ3) is 27.2. The Labute approximate surface area is 839 Å². The SMILES string of the molecule is CCCCCCCc1cc(=O)oc2cc(OCCCn3cc(Cc4cc(Cc5cn(CCCOc6ccc7c(CCCCCCC)cc(=O)oc7c6)nn5)cc(CC5(Cc6cc(Cc7cn(CCCOc8ccc9c(CCCCCCC)cc(=O)oc9c8)nn7)cc(Cc7cn(CCCOc8ccc9c(CCCCCCC)cc(=O)oc9c8)nn7)c6)c6cc(Br)ccc6-c6ccc(Br)cc65)c4)nn3)ccc12. The number of aromatic nitrogens is 12. The smallest absolute Gasteiger partial charge is 0.336 e. The zero-order valence-electron chi connectivity index (χ0n) is 81.7. The van der Waals surface area contributed by atoms with E-state index in [2.05, 4.69) is 153 Å². The van der Waals surface area contributed by atoms with E-state index in [4.69, 9.17) is 57.0 Å². The third-order valence-corrected chi connectivity index (χ3v) is 28.0. The van der Waals surface area contributed by atoms with Crippen molar-refractivity contribution in [1.29, 1.82) is 0 Å². The fourth-order valence-corrected chi connectivity index (χ4v) is 20.9. The molecule has 0 radical (unpaired) electrons. The molecule has 8 heterocycles. The molecule has 1 aliphatic carbocycles. The van der Waals surface area contributed by atoms with Gasteiger partial charge in [0.2, 0.25) is 0 Å². The van der Waals surface area contributed by atoms with Crippen molar-refractivity contribution in [3.05, 3.63) is 335 Å². The standard InChI is InChI=1S/C115H128Br2N12O12/c1-5-9-13-17-21-29-85-63-111(130)138-107-69-95(35-41-99(85)107)134-49-25-45-126-75-91(118-122-126)59-79-53-80(60-92-76-127(123-119-92)46-26-50-135-96-36-42-100-86(30-22-18-14-10-6-2)64-112(131)139-108(100)70-96)56-83(55-79)73-115(105-67-89(116)33-39-103(105)104-40-34-90(117)68-106(104)115)74-84-57-81(61-93-77-128(124-120-93)47-27-51-136-97-37-43-101-87(31-23-19-15-11-7-3)65-113(132)140-109(101)71-97)54-82(58-84)62-94-78-129(125-121-94)48-28-52-137-98-38-44-102-88(32-24-20-16-12-8-4)66-114(133)141-110(102)72-98/h33-44,53-58,63-72,75-78H,5-32,45-52,59-62,73-74H2,1-4H3. The van der Waals surface area contributed by atoms with Crippen molar-refractivity contribution < 1.29 is 36.6 Å². The number of halogens is 2. The molecule has 16 aromatic rings. The highest BCUT2D eigenvalue weighted by Crippen LogP contribution is 2.54. The first-order valence-electron chi connectivity index (χ1n) is 51.2. The highest BCUT2D eigenvalue weighted by molar-refractivity contribution is 9.10. The molecule has 8 aromatic heterocycles. The summed E-state index contributed by atoms with van der Waals surface area (Å²) in [4.78, 5) is 51.2. The quantitative estimate of drug-likeness (QED) is 0.0253. The third-order valence-electron chi connectivity index (χ3n) is 27.0. The van der Waals surface area contributed by atoms with Crippen molar-refractivity contribution in [2.75, 3.05) is 26.4 Å². The van der Waals surface area contributed by atoms with Crippen LogP contribution in [-0.4, -0.2) is 86.4 Å². The average Bonchev–Trinajstić information content (AvgIpc) is 1.55. The van der Waals surface area contributed by atoms with Crippen molar-refractivity contribution in [2.45, 2.75) is 278 Å². The van der Waals surface area contributed by atoms with Gasteiger partial charge in [0.05, 0.1) is 49.2 Å². The van der Waals surface area contributed by atoms with Gasteiger partial charge in [0, 0.05) is 187 Å². The van der Waals surface area contributed by atoms with E-state index in [0.29, 0.717) is 162 Å². The molecule has 0 fully saturated rings. The second kappa shape index (κ2) is 49.1. The normalized spacial score (nSPS) is 12.3. The van der Waals surface area contributed by atoms with Crippen LogP contribution in [0.1, 0.15) is 271 Å². The molecule has 24 nitrogen and oxygen atoms in total. The molecule has 1 aliphatic rings. The molecule has 0 bridgehead atoms. The van der Waals surface area contributed by atoms with E-state index in [9.17, 15) is 19.2 Å². The predicted molar refractivity (Wildman–Crippen MR) is 560 cm³/mol. The van der Waals surface area contributed by atoms with Crippen LogP contribution in [0.2, 0.25) is 0 Å². The molecule has 26 heteroatoms. The number of unbranched alkanes of at least 4 members (excludes halogenated alkanes) is 16. The first kappa shape index (κ1) is 99.9. The molecular formula is C115H128Br2N12O12. The van der Waals surface area contributed by atoms with Crippen LogP contribution in [-0.2, 0) is 95.8 Å². The maximum atomic E-state index is 12.8. The van der Waals surface area contributed by atoms with E-state index < -0.39 is 5.41 Å². The van der Waals surface area contributed by atoms with Gasteiger partial charge in [-0.2, -0.15) is 0 Å². The largest absolute Gasteiger partial charge is 0.493 e. The van der Waals surface area contributed by atoms with Crippen molar-refractivity contribution in [1.82, 2.24) is 60.0 Å². The minimum Gasteiger partial charge on any atom is -0.493 e. The molecule has 0 atom stereocenters. The minimum atomic E-state index is -0.667. The van der Waals surface area contributed by atoms with E-state index in [0.717, 1.165) is 186 Å². The summed E-state index contributed by atoms with van der Waals surface area (Å²) in [5, 5.41) is 41.8. The van der Waals surface area contributed by atoms with E-state index in [1.54, 1.807) is 24.3 Å². The Morgan fingerprint density at radius 2 is 0.539 bits per heavy atom. The highest BCUT2D eigenvalue weighted by atomic mass is 79.9. The molecule has 0 spiro atoms. The summed E-state index contributed by atoms with van der Waals surface area (Å²) >= 11 is 8.03. The number of rotatable bonds is 56. The summed E-state index contributed by atoms with van der Waals surface area (Å²) in [5.41, 5.74) is 18.6. The van der Waals surface area contributed by atoms with Crippen LogP contribution in [0.4, 0.5) is 0 Å². The number of benzene rings is 8. The first-order chi connectivity index (χ1) is 69.0. The van der Waals surface area contributed by atoms with Gasteiger partial charge < -0.3 is 36.6 Å². The van der Waals surface area contributed by atoms with Crippen molar-refractivity contribution in [3.8, 4) is 34.1 Å². The molecule has 0 aliphatic heterocycles. The van der Waals surface area contributed by atoms with Gasteiger partial charge in [-0.25, -0.2) is 19.2 Å². The van der Waals surface area contributed by atoms with Crippen LogP contribution in [0, 0.1) is 0 Å². The predicted octanol–water partition coefficient (Wildman–Crippen LogP) is 25.0.